The summed E-state index contributed by atoms with van der Waals surface area (Å²) in [5, 5.41) is 0. The van der Waals surface area contributed by atoms with Crippen LogP contribution in [0.3, 0.4) is 0 Å². The quantitative estimate of drug-likeness (QED) is 0.546. The van der Waals surface area contributed by atoms with Gasteiger partial charge in [0.25, 0.3) is 0 Å². The standard InChI is InChI=1S/C6H6N2OS.H2O/c7-6(10-9)5-2-1-3-8-4-5;/h1-4H,7H2;1H2. The monoisotopic (exact) mass is 172 g/mol. The first-order valence-corrected chi connectivity index (χ1v) is 3.41. The maximum Gasteiger partial charge on any atom is 0.116 e. The van der Waals surface area contributed by atoms with Crippen molar-refractivity contribution in [1.82, 2.24) is 4.98 Å². The Morgan fingerprint density at radius 3 is 2.82 bits per heavy atom. The maximum absolute atomic E-state index is 10.2. The molecule has 0 aliphatic rings. The van der Waals surface area contributed by atoms with Crippen molar-refractivity contribution >= 4 is 16.2 Å². The fraction of sp³-hybridized carbons (Fsp3) is 0. The van der Waals surface area contributed by atoms with E-state index in [0.29, 0.717) is 5.56 Å². The normalized spacial score (nSPS) is 8.09. The van der Waals surface area contributed by atoms with Crippen molar-refractivity contribution in [2.45, 2.75) is 0 Å². The maximum atomic E-state index is 10.2. The van der Waals surface area contributed by atoms with Crippen LogP contribution in [0.5, 0.6) is 0 Å². The number of hydrogen-bond acceptors (Lipinski definition) is 2. The molecular weight excluding hydrogens is 164 g/mol. The van der Waals surface area contributed by atoms with Gasteiger partial charge in [-0.2, -0.15) is 0 Å². The van der Waals surface area contributed by atoms with Crippen molar-refractivity contribution < 1.29 is 9.69 Å². The SMILES string of the molecule is NC(=S=O)c1cccnc1.O. The van der Waals surface area contributed by atoms with E-state index in [2.05, 4.69) is 4.98 Å². The van der Waals surface area contributed by atoms with Gasteiger partial charge < -0.3 is 5.48 Å². The lowest BCUT2D eigenvalue weighted by molar-refractivity contribution is 0.701. The van der Waals surface area contributed by atoms with E-state index in [0.717, 1.165) is 0 Å². The highest BCUT2D eigenvalue weighted by Crippen LogP contribution is 1.91. The number of rotatable bonds is 1. The molecule has 0 bridgehead atoms. The van der Waals surface area contributed by atoms with Crippen LogP contribution in [0.15, 0.2) is 24.5 Å². The summed E-state index contributed by atoms with van der Waals surface area (Å²) in [5.41, 5.74) is 6.00. The lowest BCUT2D eigenvalue weighted by Gasteiger charge is -1.91. The van der Waals surface area contributed by atoms with Crippen LogP contribution < -0.4 is 5.73 Å². The van der Waals surface area contributed by atoms with Crippen LogP contribution in [0.2, 0.25) is 0 Å². The number of hydrogen-bond donors (Lipinski definition) is 1. The zero-order valence-electron chi connectivity index (χ0n) is 5.65. The Balaban J connectivity index is 0.000001000. The molecule has 0 aliphatic heterocycles. The average molecular weight is 172 g/mol. The third-order valence-corrected chi connectivity index (χ3v) is 1.45. The van der Waals surface area contributed by atoms with Crippen LogP contribution in [0.1, 0.15) is 5.56 Å². The van der Waals surface area contributed by atoms with E-state index in [1.807, 2.05) is 0 Å². The summed E-state index contributed by atoms with van der Waals surface area (Å²) in [6, 6.07) is 3.48. The molecule has 4 N–H and O–H groups in total. The smallest absolute Gasteiger partial charge is 0.116 e. The van der Waals surface area contributed by atoms with E-state index in [4.69, 9.17) is 5.73 Å². The highest BCUT2D eigenvalue weighted by atomic mass is 32.1. The first kappa shape index (κ1) is 9.96. The Morgan fingerprint density at radius 1 is 1.64 bits per heavy atom. The van der Waals surface area contributed by atoms with Crippen molar-refractivity contribution in [3.8, 4) is 0 Å². The van der Waals surface area contributed by atoms with E-state index in [9.17, 15) is 4.21 Å². The Hall–Kier alpha value is -1.04. The molecule has 4 nitrogen and oxygen atoms in total. The zero-order chi connectivity index (χ0) is 7.40. The van der Waals surface area contributed by atoms with Crippen LogP contribution in [-0.2, 0) is 11.3 Å². The second-order valence-corrected chi connectivity index (χ2v) is 2.30. The summed E-state index contributed by atoms with van der Waals surface area (Å²) < 4.78 is 10.2. The lowest BCUT2D eigenvalue weighted by atomic mass is 10.3. The van der Waals surface area contributed by atoms with E-state index in [1.54, 1.807) is 24.5 Å². The van der Waals surface area contributed by atoms with Crippen LogP contribution in [0.25, 0.3) is 0 Å². The molecule has 1 heterocycles. The molecule has 0 fully saturated rings. The topological polar surface area (TPSA) is 87.5 Å². The van der Waals surface area contributed by atoms with Crippen LogP contribution in [0, 0.1) is 0 Å². The lowest BCUT2D eigenvalue weighted by Crippen LogP contribution is -2.12. The first-order chi connectivity index (χ1) is 4.84. The summed E-state index contributed by atoms with van der Waals surface area (Å²) >= 11 is 0.282. The third-order valence-electron chi connectivity index (χ3n) is 1.04. The summed E-state index contributed by atoms with van der Waals surface area (Å²) in [4.78, 5) is 4.06. The Labute approximate surface area is 67.4 Å². The predicted octanol–water partition coefficient (Wildman–Crippen LogP) is -1.09. The van der Waals surface area contributed by atoms with Gasteiger partial charge in [0.15, 0.2) is 0 Å². The van der Waals surface area contributed by atoms with Gasteiger partial charge in [-0.15, -0.1) is 0 Å². The fourth-order valence-corrected chi connectivity index (χ4v) is 0.774. The molecule has 5 heteroatoms. The highest BCUT2D eigenvalue weighted by Gasteiger charge is 1.92. The zero-order valence-corrected chi connectivity index (χ0v) is 6.47. The second kappa shape index (κ2) is 4.73. The van der Waals surface area contributed by atoms with Gasteiger partial charge >= 0.3 is 0 Å². The van der Waals surface area contributed by atoms with Gasteiger partial charge in [0.2, 0.25) is 0 Å². The van der Waals surface area contributed by atoms with Crippen molar-refractivity contribution in [3.63, 3.8) is 0 Å². The fourth-order valence-electron chi connectivity index (χ4n) is 0.557. The molecule has 0 unspecified atom stereocenters. The number of aromatic nitrogens is 1. The molecular formula is C6H8N2O2S. The van der Waals surface area contributed by atoms with Gasteiger partial charge in [0, 0.05) is 18.0 Å². The third kappa shape index (κ3) is 2.58. The highest BCUT2D eigenvalue weighted by molar-refractivity contribution is 7.66. The Morgan fingerprint density at radius 2 is 2.36 bits per heavy atom. The molecule has 1 rings (SSSR count). The van der Waals surface area contributed by atoms with Crippen molar-refractivity contribution in [2.24, 2.45) is 5.73 Å². The molecule has 0 saturated carbocycles. The van der Waals surface area contributed by atoms with Gasteiger partial charge in [0.1, 0.15) is 16.2 Å². The van der Waals surface area contributed by atoms with Crippen LogP contribution in [0.4, 0.5) is 0 Å². The predicted molar refractivity (Wildman–Crippen MR) is 44.3 cm³/mol. The molecule has 0 atom stereocenters. The van der Waals surface area contributed by atoms with Gasteiger partial charge in [-0.05, 0) is 12.1 Å². The van der Waals surface area contributed by atoms with Crippen LogP contribution in [-0.4, -0.2) is 19.7 Å². The molecule has 0 radical (unpaired) electrons. The van der Waals surface area contributed by atoms with Crippen molar-refractivity contribution in [3.05, 3.63) is 30.1 Å². The summed E-state index contributed by atoms with van der Waals surface area (Å²) in [6.45, 7) is 0. The molecule has 1 aromatic heterocycles. The molecule has 1 aromatic rings. The number of nitrogens with two attached hydrogens (primary N) is 1. The van der Waals surface area contributed by atoms with Crippen LogP contribution >= 0.6 is 0 Å². The van der Waals surface area contributed by atoms with E-state index in [1.165, 1.54) is 0 Å². The molecule has 60 valence electrons. The number of nitrogens with zero attached hydrogens (tertiary/aromatic N) is 1. The summed E-state index contributed by atoms with van der Waals surface area (Å²) in [5.74, 6) is 0. The summed E-state index contributed by atoms with van der Waals surface area (Å²) in [7, 11) is 0. The van der Waals surface area contributed by atoms with Crippen molar-refractivity contribution in [2.75, 3.05) is 0 Å². The van der Waals surface area contributed by atoms with E-state index in [-0.39, 0.29) is 21.7 Å². The van der Waals surface area contributed by atoms with Gasteiger partial charge in [-0.1, -0.05) is 0 Å². The average Bonchev–Trinajstić information content (AvgIpc) is 2.05. The minimum atomic E-state index is 0. The van der Waals surface area contributed by atoms with E-state index < -0.39 is 0 Å². The first-order valence-electron chi connectivity index (χ1n) is 2.67. The molecule has 11 heavy (non-hydrogen) atoms. The minimum absolute atomic E-state index is 0. The molecule has 0 spiro atoms. The largest absolute Gasteiger partial charge is 0.412 e. The summed E-state index contributed by atoms with van der Waals surface area (Å²) in [6.07, 6.45) is 3.19. The van der Waals surface area contributed by atoms with Gasteiger partial charge in [0.05, 0.1) is 0 Å². The Kier molecular flexibility index (Phi) is 4.28. The molecule has 0 amide bonds. The minimum Gasteiger partial charge on any atom is -0.412 e. The molecule has 0 aromatic carbocycles. The molecule has 0 saturated heterocycles. The molecule has 0 aliphatic carbocycles. The van der Waals surface area contributed by atoms with Gasteiger partial charge in [-0.3, -0.25) is 10.7 Å². The second-order valence-electron chi connectivity index (χ2n) is 1.69. The van der Waals surface area contributed by atoms with E-state index >= 15 is 0 Å². The Bertz CT molecular complexity index is 269. The van der Waals surface area contributed by atoms with Gasteiger partial charge in [-0.25, -0.2) is 4.21 Å². The van der Waals surface area contributed by atoms with Crippen molar-refractivity contribution in [1.29, 1.82) is 0 Å². The number of pyridine rings is 1.